The van der Waals surface area contributed by atoms with Crippen molar-refractivity contribution in [2.24, 2.45) is 0 Å². The number of nitrogens with zero attached hydrogens (tertiary/aromatic N) is 1. The second kappa shape index (κ2) is 7.59. The molecule has 1 heterocycles. The molecule has 6 heteroatoms. The van der Waals surface area contributed by atoms with Crippen molar-refractivity contribution >= 4 is 49.5 Å². The van der Waals surface area contributed by atoms with Crippen LogP contribution in [0, 0.1) is 0 Å². The highest BCUT2D eigenvalue weighted by atomic mass is 79.9. The third-order valence-corrected chi connectivity index (χ3v) is 4.89. The number of hydrogen-bond acceptors (Lipinski definition) is 4. The van der Waals surface area contributed by atoms with Crippen LogP contribution in [0.4, 0.5) is 0 Å². The number of carbonyl (C=O) groups is 1. The molecule has 0 atom stereocenters. The van der Waals surface area contributed by atoms with Crippen LogP contribution in [-0.4, -0.2) is 18.0 Å². The van der Waals surface area contributed by atoms with Gasteiger partial charge in [0.2, 0.25) is 5.91 Å². The Morgan fingerprint density at radius 3 is 2.96 bits per heavy atom. The molecule has 2 aromatic carbocycles. The van der Waals surface area contributed by atoms with Gasteiger partial charge < -0.3 is 10.1 Å². The minimum absolute atomic E-state index is 0.170. The zero-order valence-corrected chi connectivity index (χ0v) is 15.4. The number of hydrogen-bond donors (Lipinski definition) is 1. The zero-order valence-electron chi connectivity index (χ0n) is 13.0. The average molecular weight is 403 g/mol. The topological polar surface area (TPSA) is 51.2 Å². The van der Waals surface area contributed by atoms with E-state index in [9.17, 15) is 4.79 Å². The van der Waals surface area contributed by atoms with E-state index in [2.05, 4.69) is 26.2 Å². The quantitative estimate of drug-likeness (QED) is 0.643. The summed E-state index contributed by atoms with van der Waals surface area (Å²) in [6, 6.07) is 13.6. The molecular formula is C18H15BrN2O2S. The molecule has 3 aromatic rings. The monoisotopic (exact) mass is 402 g/mol. The van der Waals surface area contributed by atoms with Crippen LogP contribution in [0.25, 0.3) is 16.3 Å². The Balaban J connectivity index is 1.64. The van der Waals surface area contributed by atoms with Gasteiger partial charge in [-0.15, -0.1) is 11.3 Å². The molecule has 0 saturated carbocycles. The minimum atomic E-state index is -0.170. The largest absolute Gasteiger partial charge is 0.496 e. The van der Waals surface area contributed by atoms with Crippen molar-refractivity contribution in [2.75, 3.05) is 7.11 Å². The molecule has 0 radical (unpaired) electrons. The number of carbonyl (C=O) groups excluding carboxylic acids is 1. The fourth-order valence-electron chi connectivity index (χ4n) is 2.22. The molecule has 1 aromatic heterocycles. The summed E-state index contributed by atoms with van der Waals surface area (Å²) in [7, 11) is 1.60. The number of thiazole rings is 1. The van der Waals surface area contributed by atoms with Gasteiger partial charge in [0.05, 0.1) is 23.9 Å². The van der Waals surface area contributed by atoms with Crippen molar-refractivity contribution in [1.29, 1.82) is 0 Å². The Morgan fingerprint density at radius 1 is 1.33 bits per heavy atom. The molecule has 0 aliphatic rings. The Labute approximate surface area is 152 Å². The summed E-state index contributed by atoms with van der Waals surface area (Å²) in [6.07, 6.45) is 3.23. The molecule has 122 valence electrons. The third kappa shape index (κ3) is 4.01. The van der Waals surface area contributed by atoms with Crippen molar-refractivity contribution in [3.05, 3.63) is 63.6 Å². The Kier molecular flexibility index (Phi) is 5.27. The number of benzene rings is 2. The molecule has 1 amide bonds. The second-order valence-corrected chi connectivity index (χ2v) is 7.04. The number of nitrogens with one attached hydrogen (secondary N) is 1. The Morgan fingerprint density at radius 2 is 2.17 bits per heavy atom. The summed E-state index contributed by atoms with van der Waals surface area (Å²) >= 11 is 5.00. The highest BCUT2D eigenvalue weighted by Gasteiger charge is 2.05. The number of halogens is 1. The smallest absolute Gasteiger partial charge is 0.244 e. The van der Waals surface area contributed by atoms with Gasteiger partial charge in [-0.2, -0.15) is 0 Å². The predicted octanol–water partition coefficient (Wildman–Crippen LogP) is 4.40. The van der Waals surface area contributed by atoms with E-state index in [1.165, 1.54) is 6.08 Å². The molecule has 0 spiro atoms. The van der Waals surface area contributed by atoms with Crippen LogP contribution in [-0.2, 0) is 11.3 Å². The number of methoxy groups -OCH3 is 1. The molecule has 0 unspecified atom stereocenters. The molecular weight excluding hydrogens is 388 g/mol. The van der Waals surface area contributed by atoms with Crippen molar-refractivity contribution < 1.29 is 9.53 Å². The first kappa shape index (κ1) is 16.7. The average Bonchev–Trinajstić information content (AvgIpc) is 3.01. The first-order chi connectivity index (χ1) is 11.7. The standard InChI is InChI=1S/C18H15BrN2O2S/c1-23-15-8-7-13(19)10-12(15)6-9-17(22)20-11-18-21-14-4-2-3-5-16(14)24-18/h2-10H,11H2,1H3,(H,20,22)/b9-6+. The molecule has 1 N–H and O–H groups in total. The molecule has 4 nitrogen and oxygen atoms in total. The van der Waals surface area contributed by atoms with E-state index in [1.807, 2.05) is 42.5 Å². The van der Waals surface area contributed by atoms with Crippen molar-refractivity contribution in [3.8, 4) is 5.75 Å². The number of rotatable bonds is 5. The lowest BCUT2D eigenvalue weighted by Crippen LogP contribution is -2.20. The lowest BCUT2D eigenvalue weighted by Gasteiger charge is -2.05. The van der Waals surface area contributed by atoms with Crippen LogP contribution in [0.3, 0.4) is 0 Å². The van der Waals surface area contributed by atoms with Gasteiger partial charge in [-0.25, -0.2) is 4.98 Å². The van der Waals surface area contributed by atoms with Crippen LogP contribution in [0.1, 0.15) is 10.6 Å². The number of fused-ring (bicyclic) bond motifs is 1. The zero-order chi connectivity index (χ0) is 16.9. The Bertz CT molecular complexity index is 872. The van der Waals surface area contributed by atoms with Crippen LogP contribution in [0.2, 0.25) is 0 Å². The van der Waals surface area contributed by atoms with Gasteiger partial charge in [0, 0.05) is 16.1 Å². The maximum atomic E-state index is 12.0. The van der Waals surface area contributed by atoms with Gasteiger partial charge >= 0.3 is 0 Å². The van der Waals surface area contributed by atoms with E-state index in [0.29, 0.717) is 12.3 Å². The maximum absolute atomic E-state index is 12.0. The van der Waals surface area contributed by atoms with Crippen LogP contribution in [0.5, 0.6) is 5.75 Å². The molecule has 3 rings (SSSR count). The van der Waals surface area contributed by atoms with E-state index >= 15 is 0 Å². The van der Waals surface area contributed by atoms with Crippen LogP contribution >= 0.6 is 27.3 Å². The SMILES string of the molecule is COc1ccc(Br)cc1/C=C/C(=O)NCc1nc2ccccc2s1. The second-order valence-electron chi connectivity index (χ2n) is 5.01. The molecule has 0 bridgehead atoms. The fraction of sp³-hybridized carbons (Fsp3) is 0.111. The normalized spacial score (nSPS) is 11.1. The molecule has 24 heavy (non-hydrogen) atoms. The van der Waals surface area contributed by atoms with Gasteiger partial charge in [0.1, 0.15) is 10.8 Å². The number of para-hydroxylation sites is 1. The third-order valence-electron chi connectivity index (χ3n) is 3.36. The lowest BCUT2D eigenvalue weighted by molar-refractivity contribution is -0.116. The van der Waals surface area contributed by atoms with E-state index < -0.39 is 0 Å². The van der Waals surface area contributed by atoms with E-state index in [-0.39, 0.29) is 5.91 Å². The van der Waals surface area contributed by atoms with Crippen molar-refractivity contribution in [1.82, 2.24) is 10.3 Å². The van der Waals surface area contributed by atoms with E-state index in [1.54, 1.807) is 24.5 Å². The first-order valence-corrected chi connectivity index (χ1v) is 8.90. The van der Waals surface area contributed by atoms with Gasteiger partial charge in [-0.05, 0) is 36.4 Å². The van der Waals surface area contributed by atoms with Crippen LogP contribution < -0.4 is 10.1 Å². The summed E-state index contributed by atoms with van der Waals surface area (Å²) in [4.78, 5) is 16.5. The minimum Gasteiger partial charge on any atom is -0.496 e. The highest BCUT2D eigenvalue weighted by Crippen LogP contribution is 2.24. The summed E-state index contributed by atoms with van der Waals surface area (Å²) in [5, 5.41) is 3.74. The van der Waals surface area contributed by atoms with Crippen LogP contribution in [0.15, 0.2) is 53.0 Å². The van der Waals surface area contributed by atoms with Crippen molar-refractivity contribution in [2.45, 2.75) is 6.54 Å². The number of aromatic nitrogens is 1. The van der Waals surface area contributed by atoms with Gasteiger partial charge in [0.25, 0.3) is 0 Å². The molecule has 0 aliphatic heterocycles. The van der Waals surface area contributed by atoms with E-state index in [4.69, 9.17) is 4.74 Å². The van der Waals surface area contributed by atoms with Gasteiger partial charge in [0.15, 0.2) is 0 Å². The fourth-order valence-corrected chi connectivity index (χ4v) is 3.50. The van der Waals surface area contributed by atoms with Gasteiger partial charge in [-0.1, -0.05) is 28.1 Å². The first-order valence-electron chi connectivity index (χ1n) is 7.29. The summed E-state index contributed by atoms with van der Waals surface area (Å²) in [6.45, 7) is 0.415. The summed E-state index contributed by atoms with van der Waals surface area (Å²) in [5.41, 5.74) is 1.79. The summed E-state index contributed by atoms with van der Waals surface area (Å²) in [5.74, 6) is 0.546. The molecule has 0 fully saturated rings. The van der Waals surface area contributed by atoms with Crippen molar-refractivity contribution in [3.63, 3.8) is 0 Å². The molecule has 0 aliphatic carbocycles. The number of ether oxygens (including phenoxy) is 1. The molecule has 0 saturated heterocycles. The summed E-state index contributed by atoms with van der Waals surface area (Å²) < 4.78 is 7.33. The Hall–Kier alpha value is -2.18. The predicted molar refractivity (Wildman–Crippen MR) is 101 cm³/mol. The lowest BCUT2D eigenvalue weighted by atomic mass is 10.2. The maximum Gasteiger partial charge on any atom is 0.244 e. The highest BCUT2D eigenvalue weighted by molar-refractivity contribution is 9.10. The number of amides is 1. The van der Waals surface area contributed by atoms with Gasteiger partial charge in [-0.3, -0.25) is 4.79 Å². The van der Waals surface area contributed by atoms with E-state index in [0.717, 1.165) is 25.3 Å².